The normalized spacial score (nSPS) is 16.0. The van der Waals surface area contributed by atoms with Crippen molar-refractivity contribution >= 4 is 28.6 Å². The van der Waals surface area contributed by atoms with E-state index in [0.717, 1.165) is 49.6 Å². The van der Waals surface area contributed by atoms with Gasteiger partial charge in [-0.25, -0.2) is 13.8 Å². The van der Waals surface area contributed by atoms with Crippen LogP contribution in [0.4, 0.5) is 27.8 Å². The van der Waals surface area contributed by atoms with Gasteiger partial charge in [-0.2, -0.15) is 18.3 Å². The summed E-state index contributed by atoms with van der Waals surface area (Å²) < 4.78 is 65.6. The molecule has 1 heterocycles. The van der Waals surface area contributed by atoms with Crippen molar-refractivity contribution < 1.29 is 26.7 Å². The Bertz CT molecular complexity index is 1210. The van der Waals surface area contributed by atoms with E-state index in [2.05, 4.69) is 25.8 Å². The Hall–Kier alpha value is -3.50. The van der Waals surface area contributed by atoms with Gasteiger partial charge in [0.15, 0.2) is 17.5 Å². The highest BCUT2D eigenvalue weighted by molar-refractivity contribution is 6.11. The third kappa shape index (κ3) is 4.41. The summed E-state index contributed by atoms with van der Waals surface area (Å²) in [6.45, 7) is 1.89. The lowest BCUT2D eigenvalue weighted by molar-refractivity contribution is -0.137. The molecule has 0 bridgehead atoms. The molecule has 4 rings (SSSR count). The first-order valence-corrected chi connectivity index (χ1v) is 9.73. The Morgan fingerprint density at radius 1 is 1.12 bits per heavy atom. The number of anilines is 1. The van der Waals surface area contributed by atoms with Crippen LogP contribution in [0.5, 0.6) is 0 Å². The van der Waals surface area contributed by atoms with Crippen molar-refractivity contribution in [1.82, 2.24) is 15.5 Å². The maximum absolute atomic E-state index is 13.5. The van der Waals surface area contributed by atoms with Gasteiger partial charge in [-0.1, -0.05) is 0 Å². The highest BCUT2D eigenvalue weighted by Crippen LogP contribution is 2.35. The maximum atomic E-state index is 13.5. The Balaban J connectivity index is 1.63. The molecule has 0 atom stereocenters. The first kappa shape index (κ1) is 21.7. The van der Waals surface area contributed by atoms with Crippen LogP contribution in [0.3, 0.4) is 0 Å². The van der Waals surface area contributed by atoms with Gasteiger partial charge in [0.05, 0.1) is 16.6 Å². The van der Waals surface area contributed by atoms with Gasteiger partial charge in [0.2, 0.25) is 5.96 Å². The van der Waals surface area contributed by atoms with Crippen LogP contribution in [0.15, 0.2) is 41.4 Å². The number of carbonyl (C=O) groups is 1. The van der Waals surface area contributed by atoms with Gasteiger partial charge in [-0.15, -0.1) is 0 Å². The minimum Gasteiger partial charge on any atom is -0.309 e. The molecule has 0 aliphatic heterocycles. The molecule has 3 aromatic rings. The van der Waals surface area contributed by atoms with Crippen molar-refractivity contribution in [3.8, 4) is 0 Å². The van der Waals surface area contributed by atoms with E-state index in [4.69, 9.17) is 0 Å². The molecule has 6 nitrogen and oxygen atoms in total. The van der Waals surface area contributed by atoms with Gasteiger partial charge < -0.3 is 5.32 Å². The minimum absolute atomic E-state index is 0.00442. The summed E-state index contributed by atoms with van der Waals surface area (Å²) in [5.41, 5.74) is -1.26. The van der Waals surface area contributed by atoms with E-state index in [1.807, 2.05) is 6.92 Å². The zero-order chi connectivity index (χ0) is 23.1. The summed E-state index contributed by atoms with van der Waals surface area (Å²) in [6.07, 6.45) is -2.00. The minimum atomic E-state index is -4.50. The summed E-state index contributed by atoms with van der Waals surface area (Å²) >= 11 is 0. The van der Waals surface area contributed by atoms with Crippen LogP contribution in [0.2, 0.25) is 0 Å². The van der Waals surface area contributed by atoms with Crippen molar-refractivity contribution in [2.75, 3.05) is 5.32 Å². The number of benzene rings is 2. The number of fused-ring (bicyclic) bond motifs is 1. The predicted molar refractivity (Wildman–Crippen MR) is 108 cm³/mol. The summed E-state index contributed by atoms with van der Waals surface area (Å²) in [4.78, 5) is 17.1. The highest BCUT2D eigenvalue weighted by atomic mass is 19.4. The number of halogens is 5. The number of hydrogen-bond acceptors (Lipinski definition) is 3. The first-order valence-electron chi connectivity index (χ1n) is 9.73. The fraction of sp³-hybridized carbons (Fsp3) is 0.286. The number of amides is 1. The van der Waals surface area contributed by atoms with Crippen LogP contribution in [-0.4, -0.2) is 27.6 Å². The summed E-state index contributed by atoms with van der Waals surface area (Å²) in [7, 11) is 0. The third-order valence-corrected chi connectivity index (χ3v) is 5.35. The second-order valence-corrected chi connectivity index (χ2v) is 7.85. The van der Waals surface area contributed by atoms with E-state index in [9.17, 15) is 26.7 Å². The number of guanidine groups is 1. The lowest BCUT2D eigenvalue weighted by atomic mass is 9.79. The van der Waals surface area contributed by atoms with Crippen molar-refractivity contribution in [2.24, 2.45) is 4.99 Å². The first-order chi connectivity index (χ1) is 15.0. The van der Waals surface area contributed by atoms with Crippen LogP contribution in [0.1, 0.15) is 42.1 Å². The van der Waals surface area contributed by atoms with Gasteiger partial charge in [0.1, 0.15) is 0 Å². The summed E-state index contributed by atoms with van der Waals surface area (Å²) in [5.74, 6) is -2.85. The molecule has 1 aromatic heterocycles. The van der Waals surface area contributed by atoms with Gasteiger partial charge in [-0.3, -0.25) is 15.2 Å². The van der Waals surface area contributed by atoms with E-state index < -0.39 is 34.8 Å². The summed E-state index contributed by atoms with van der Waals surface area (Å²) in [5, 5.41) is 12.2. The largest absolute Gasteiger partial charge is 0.416 e. The number of rotatable bonds is 3. The van der Waals surface area contributed by atoms with Gasteiger partial charge in [-0.05, 0) is 62.6 Å². The second-order valence-electron chi connectivity index (χ2n) is 7.85. The highest BCUT2D eigenvalue weighted by Gasteiger charge is 2.33. The predicted octanol–water partition coefficient (Wildman–Crippen LogP) is 5.00. The molecule has 11 heteroatoms. The van der Waals surface area contributed by atoms with Gasteiger partial charge in [0.25, 0.3) is 5.91 Å². The maximum Gasteiger partial charge on any atom is 0.416 e. The molecule has 1 saturated carbocycles. The molecule has 0 radical (unpaired) electrons. The van der Waals surface area contributed by atoms with Crippen LogP contribution in [0.25, 0.3) is 10.9 Å². The average Bonchev–Trinajstić information content (AvgIpc) is 3.10. The quantitative estimate of drug-likeness (QED) is 0.298. The molecule has 2 aromatic carbocycles. The molecule has 3 N–H and O–H groups in total. The molecule has 1 aliphatic rings. The van der Waals surface area contributed by atoms with E-state index in [-0.39, 0.29) is 22.9 Å². The number of aliphatic imine (C=N–C) groups is 1. The van der Waals surface area contributed by atoms with Gasteiger partial charge in [0, 0.05) is 10.9 Å². The summed E-state index contributed by atoms with van der Waals surface area (Å²) in [6, 6.07) is 5.82. The smallest absolute Gasteiger partial charge is 0.309 e. The molecule has 0 unspecified atom stereocenters. The molecule has 1 fully saturated rings. The number of alkyl halides is 3. The monoisotopic (exact) mass is 451 g/mol. The van der Waals surface area contributed by atoms with Crippen molar-refractivity contribution in [3.63, 3.8) is 0 Å². The lowest BCUT2D eigenvalue weighted by Gasteiger charge is -2.34. The number of aromatic amines is 1. The molecule has 0 spiro atoms. The van der Waals surface area contributed by atoms with Crippen LogP contribution in [0, 0.1) is 11.6 Å². The number of aromatic nitrogens is 2. The molecular formula is C21H18F5N5O. The van der Waals surface area contributed by atoms with Crippen LogP contribution < -0.4 is 10.6 Å². The Kier molecular flexibility index (Phi) is 5.35. The Labute approximate surface area is 178 Å². The fourth-order valence-electron chi connectivity index (χ4n) is 3.38. The van der Waals surface area contributed by atoms with E-state index in [1.54, 1.807) is 0 Å². The van der Waals surface area contributed by atoms with Crippen LogP contribution in [-0.2, 0) is 6.18 Å². The fourth-order valence-corrected chi connectivity index (χ4v) is 3.38. The Morgan fingerprint density at radius 2 is 1.88 bits per heavy atom. The number of H-pyrrole nitrogens is 1. The Morgan fingerprint density at radius 3 is 2.50 bits per heavy atom. The van der Waals surface area contributed by atoms with Crippen molar-refractivity contribution in [3.05, 3.63) is 59.2 Å². The van der Waals surface area contributed by atoms with E-state index in [0.29, 0.717) is 5.39 Å². The third-order valence-electron chi connectivity index (χ3n) is 5.35. The van der Waals surface area contributed by atoms with Crippen LogP contribution >= 0.6 is 0 Å². The average molecular weight is 451 g/mol. The number of carbonyl (C=O) groups excluding carboxylic acids is 1. The molecule has 168 valence electrons. The zero-order valence-electron chi connectivity index (χ0n) is 16.8. The molecule has 1 amide bonds. The number of nitrogens with zero attached hydrogens (tertiary/aromatic N) is 2. The number of nitrogens with one attached hydrogen (secondary N) is 3. The zero-order valence-corrected chi connectivity index (χ0v) is 16.8. The topological polar surface area (TPSA) is 82.2 Å². The van der Waals surface area contributed by atoms with Gasteiger partial charge >= 0.3 is 6.18 Å². The van der Waals surface area contributed by atoms with Crippen molar-refractivity contribution in [2.45, 2.75) is 37.9 Å². The van der Waals surface area contributed by atoms with E-state index in [1.165, 1.54) is 6.07 Å². The SMILES string of the molecule is CC1(N=C(NC(=O)c2ccc(F)c(F)c2)Nc2n[nH]c3cc(C(F)(F)F)ccc23)CCC1. The molecular weight excluding hydrogens is 433 g/mol. The van der Waals surface area contributed by atoms with Crippen molar-refractivity contribution in [1.29, 1.82) is 0 Å². The molecule has 0 saturated heterocycles. The van der Waals surface area contributed by atoms with E-state index >= 15 is 0 Å². The standard InChI is InChI=1S/C21H18F5N5O/c1-20(7-2-8-20)29-19(28-18(32)11-3-6-14(22)15(23)9-11)27-17-13-5-4-12(21(24,25)26)10-16(13)30-31-17/h3-6,9-10H,2,7-8H2,1H3,(H3,27,28,29,30,31,32). The molecule has 32 heavy (non-hydrogen) atoms. The number of hydrogen-bond donors (Lipinski definition) is 3. The second kappa shape index (κ2) is 7.88. The lowest BCUT2D eigenvalue weighted by Crippen LogP contribution is -2.41. The molecule has 1 aliphatic carbocycles.